The number of carbonyl (C=O) groups excluding carboxylic acids is 1. The predicted molar refractivity (Wildman–Crippen MR) is 48.3 cm³/mol. The monoisotopic (exact) mass is 209 g/mol. The van der Waals surface area contributed by atoms with Gasteiger partial charge in [-0.2, -0.15) is 0 Å². The maximum atomic E-state index is 11.4. The summed E-state index contributed by atoms with van der Waals surface area (Å²) in [4.78, 5) is 21.3. The summed E-state index contributed by atoms with van der Waals surface area (Å²) in [7, 11) is 0. The first-order valence-corrected chi connectivity index (χ1v) is 4.19. The maximum absolute atomic E-state index is 11.4. The molecule has 0 amide bonds. The Balaban J connectivity index is 2.66. The van der Waals surface area contributed by atoms with E-state index in [1.54, 1.807) is 0 Å². The Labute approximate surface area is 83.9 Å². The van der Waals surface area contributed by atoms with Crippen molar-refractivity contribution in [3.05, 3.63) is 39.4 Å². The average molecular weight is 209 g/mol. The van der Waals surface area contributed by atoms with E-state index in [9.17, 15) is 25.1 Å². The van der Waals surface area contributed by atoms with Gasteiger partial charge in [-0.15, -0.1) is 0 Å². The third-order valence-electron chi connectivity index (χ3n) is 2.35. The van der Waals surface area contributed by atoms with Gasteiger partial charge in [0.2, 0.25) is 11.6 Å². The molecule has 0 unspecified atom stereocenters. The number of nitro benzene ring substituents is 1. The lowest BCUT2D eigenvalue weighted by molar-refractivity contribution is -0.385. The van der Waals surface area contributed by atoms with E-state index in [-0.39, 0.29) is 17.7 Å². The van der Waals surface area contributed by atoms with Crippen LogP contribution in [-0.4, -0.2) is 26.7 Å². The zero-order valence-electron chi connectivity index (χ0n) is 7.51. The topological polar surface area (TPSA) is 101 Å². The number of rotatable bonds is 1. The summed E-state index contributed by atoms with van der Waals surface area (Å²) in [5.41, 5.74) is -0.297. The Morgan fingerprint density at radius 2 is 2.07 bits per heavy atom. The van der Waals surface area contributed by atoms with Crippen LogP contribution in [0.3, 0.4) is 0 Å². The molecule has 0 aliphatic heterocycles. The Hall–Kier alpha value is -1.79. The number of nitro groups is 1. The molecule has 0 saturated heterocycles. The first-order chi connectivity index (χ1) is 6.93. The van der Waals surface area contributed by atoms with Gasteiger partial charge >= 0.3 is 0 Å². The van der Waals surface area contributed by atoms with E-state index < -0.39 is 16.5 Å². The minimum atomic E-state index is -2.51. The minimum Gasteiger partial charge on any atom is -0.359 e. The van der Waals surface area contributed by atoms with E-state index >= 15 is 0 Å². The molecule has 1 aliphatic carbocycles. The Bertz CT molecular complexity index is 466. The lowest BCUT2D eigenvalue weighted by atomic mass is 10.1. The molecule has 1 aliphatic rings. The number of benzene rings is 1. The predicted octanol–water partition coefficient (Wildman–Crippen LogP) is 0.0145. The van der Waals surface area contributed by atoms with E-state index in [1.807, 2.05) is 0 Å². The molecule has 0 heterocycles. The number of carbonyl (C=O) groups is 1. The smallest absolute Gasteiger partial charge is 0.280 e. The number of aliphatic hydroxyl groups is 2. The Kier molecular flexibility index (Phi) is 1.85. The highest BCUT2D eigenvalue weighted by Gasteiger charge is 2.46. The minimum absolute atomic E-state index is 0.201. The van der Waals surface area contributed by atoms with E-state index in [2.05, 4.69) is 0 Å². The summed E-state index contributed by atoms with van der Waals surface area (Å²) >= 11 is 0. The van der Waals surface area contributed by atoms with Crippen LogP contribution in [0.25, 0.3) is 0 Å². The van der Waals surface area contributed by atoms with Crippen LogP contribution in [0.1, 0.15) is 15.9 Å². The molecule has 0 aromatic heterocycles. The highest BCUT2D eigenvalue weighted by molar-refractivity contribution is 6.08. The zero-order chi connectivity index (χ0) is 11.2. The molecule has 1 aromatic rings. The van der Waals surface area contributed by atoms with Gasteiger partial charge in [-0.25, -0.2) is 0 Å². The second-order valence-electron chi connectivity index (χ2n) is 3.39. The summed E-state index contributed by atoms with van der Waals surface area (Å²) in [5.74, 6) is -3.51. The van der Waals surface area contributed by atoms with Crippen molar-refractivity contribution >= 4 is 11.5 Å². The van der Waals surface area contributed by atoms with Crippen LogP contribution in [0, 0.1) is 10.1 Å². The van der Waals surface area contributed by atoms with E-state index in [1.165, 1.54) is 12.1 Å². The number of nitrogens with zero attached hydrogens (tertiary/aromatic N) is 1. The molecule has 0 radical (unpaired) electrons. The highest BCUT2D eigenvalue weighted by Crippen LogP contribution is 2.34. The summed E-state index contributed by atoms with van der Waals surface area (Å²) in [6.07, 6.45) is -0.303. The van der Waals surface area contributed by atoms with Gasteiger partial charge in [0.25, 0.3) is 5.69 Å². The molecular formula is C9H7NO5. The Morgan fingerprint density at radius 1 is 1.40 bits per heavy atom. The number of hydrogen-bond acceptors (Lipinski definition) is 5. The fourth-order valence-electron chi connectivity index (χ4n) is 1.69. The first kappa shape index (κ1) is 9.75. The van der Waals surface area contributed by atoms with E-state index in [0.29, 0.717) is 5.56 Å². The van der Waals surface area contributed by atoms with Gasteiger partial charge in [-0.05, 0) is 5.56 Å². The second kappa shape index (κ2) is 2.85. The third-order valence-corrected chi connectivity index (χ3v) is 2.35. The molecule has 6 nitrogen and oxygen atoms in total. The molecule has 0 bridgehead atoms. The van der Waals surface area contributed by atoms with Crippen LogP contribution < -0.4 is 0 Å². The van der Waals surface area contributed by atoms with Gasteiger partial charge in [-0.1, -0.05) is 12.1 Å². The summed E-state index contributed by atoms with van der Waals surface area (Å²) in [6.45, 7) is 0. The van der Waals surface area contributed by atoms with Crippen molar-refractivity contribution in [1.29, 1.82) is 0 Å². The average Bonchev–Trinajstić information content (AvgIpc) is 2.37. The molecular weight excluding hydrogens is 202 g/mol. The number of fused-ring (bicyclic) bond motifs is 1. The third kappa shape index (κ3) is 1.31. The van der Waals surface area contributed by atoms with Crippen molar-refractivity contribution in [2.24, 2.45) is 0 Å². The molecule has 1 aromatic carbocycles. The summed E-state index contributed by atoms with van der Waals surface area (Å²) in [6, 6.07) is 4.04. The summed E-state index contributed by atoms with van der Waals surface area (Å²) < 4.78 is 0. The SMILES string of the molecule is O=C1c2c(cccc2[N+](=O)[O-])CC1(O)O. The standard InChI is InChI=1S/C9H7NO5/c11-8-7-5(4-9(8,12)13)2-1-3-6(7)10(14)15/h1-3,12-13H,4H2. The van der Waals surface area contributed by atoms with Gasteiger partial charge in [0, 0.05) is 12.5 Å². The second-order valence-corrected chi connectivity index (χ2v) is 3.39. The maximum Gasteiger partial charge on any atom is 0.280 e. The zero-order valence-corrected chi connectivity index (χ0v) is 7.51. The van der Waals surface area contributed by atoms with Crippen LogP contribution in [-0.2, 0) is 6.42 Å². The van der Waals surface area contributed by atoms with Gasteiger partial charge < -0.3 is 10.2 Å². The number of ketones is 1. The van der Waals surface area contributed by atoms with Gasteiger partial charge in [0.05, 0.1) is 4.92 Å². The molecule has 0 spiro atoms. The Morgan fingerprint density at radius 3 is 2.67 bits per heavy atom. The van der Waals surface area contributed by atoms with E-state index in [0.717, 1.165) is 6.07 Å². The molecule has 0 saturated carbocycles. The van der Waals surface area contributed by atoms with Crippen LogP contribution >= 0.6 is 0 Å². The number of Topliss-reactive ketones (excluding diaryl/α,β-unsaturated/α-hetero) is 1. The van der Waals surface area contributed by atoms with Crippen LogP contribution in [0.2, 0.25) is 0 Å². The fourth-order valence-corrected chi connectivity index (χ4v) is 1.69. The molecule has 78 valence electrons. The molecule has 0 fully saturated rings. The largest absolute Gasteiger partial charge is 0.359 e. The molecule has 6 heteroatoms. The lowest BCUT2D eigenvalue weighted by Gasteiger charge is -2.10. The first-order valence-electron chi connectivity index (χ1n) is 4.19. The normalized spacial score (nSPS) is 17.6. The lowest BCUT2D eigenvalue weighted by Crippen LogP contribution is -2.35. The van der Waals surface area contributed by atoms with Gasteiger partial charge in [-0.3, -0.25) is 14.9 Å². The highest BCUT2D eigenvalue weighted by atomic mass is 16.6. The van der Waals surface area contributed by atoms with Crippen molar-refractivity contribution in [3.63, 3.8) is 0 Å². The molecule has 2 rings (SSSR count). The fraction of sp³-hybridized carbons (Fsp3) is 0.222. The van der Waals surface area contributed by atoms with Crippen molar-refractivity contribution in [1.82, 2.24) is 0 Å². The summed E-state index contributed by atoms with van der Waals surface area (Å²) in [5, 5.41) is 29.2. The van der Waals surface area contributed by atoms with Crippen LogP contribution in [0.15, 0.2) is 18.2 Å². The quantitative estimate of drug-likeness (QED) is 0.385. The van der Waals surface area contributed by atoms with Crippen molar-refractivity contribution in [2.75, 3.05) is 0 Å². The van der Waals surface area contributed by atoms with Crippen LogP contribution in [0.4, 0.5) is 5.69 Å². The molecule has 2 N–H and O–H groups in total. The number of hydrogen-bond donors (Lipinski definition) is 2. The van der Waals surface area contributed by atoms with Crippen LogP contribution in [0.5, 0.6) is 0 Å². The van der Waals surface area contributed by atoms with Gasteiger partial charge in [0.1, 0.15) is 5.56 Å². The van der Waals surface area contributed by atoms with Crippen molar-refractivity contribution in [2.45, 2.75) is 12.2 Å². The van der Waals surface area contributed by atoms with Crippen molar-refractivity contribution < 1.29 is 19.9 Å². The molecule has 0 atom stereocenters. The van der Waals surface area contributed by atoms with E-state index in [4.69, 9.17) is 0 Å². The van der Waals surface area contributed by atoms with Gasteiger partial charge in [0.15, 0.2) is 0 Å². The molecule has 15 heavy (non-hydrogen) atoms. The van der Waals surface area contributed by atoms with Crippen molar-refractivity contribution in [3.8, 4) is 0 Å².